The zero-order valence-electron chi connectivity index (χ0n) is 16.3. The van der Waals surface area contributed by atoms with E-state index in [2.05, 4.69) is 10.6 Å². The number of nitrogens with one attached hydrogen (secondary N) is 2. The van der Waals surface area contributed by atoms with Crippen LogP contribution in [0.2, 0.25) is 0 Å². The Morgan fingerprint density at radius 3 is 2.26 bits per heavy atom. The van der Waals surface area contributed by atoms with E-state index in [0.29, 0.717) is 25.8 Å². The van der Waals surface area contributed by atoms with Crippen LogP contribution >= 0.6 is 0 Å². The molecule has 152 valence electrons. The molecule has 3 N–H and O–H groups in total. The van der Waals surface area contributed by atoms with Crippen LogP contribution in [-0.4, -0.2) is 76.8 Å². The van der Waals surface area contributed by atoms with Crippen molar-refractivity contribution < 1.29 is 14.7 Å². The molecule has 4 aliphatic rings. The molecule has 4 heterocycles. The number of likely N-dealkylation sites (tertiary alicyclic amines) is 1. The highest BCUT2D eigenvalue weighted by Gasteiger charge is 2.48. The van der Waals surface area contributed by atoms with Gasteiger partial charge in [0.15, 0.2) is 0 Å². The first-order chi connectivity index (χ1) is 13.1. The van der Waals surface area contributed by atoms with Crippen LogP contribution in [0.25, 0.3) is 0 Å². The molecule has 7 heteroatoms. The molecule has 0 aliphatic carbocycles. The Labute approximate surface area is 161 Å². The first kappa shape index (κ1) is 19.0. The Morgan fingerprint density at radius 1 is 1.00 bits per heavy atom. The van der Waals surface area contributed by atoms with Crippen LogP contribution in [0.4, 0.5) is 4.79 Å². The zero-order chi connectivity index (χ0) is 18.9. The summed E-state index contributed by atoms with van der Waals surface area (Å²) in [5.41, 5.74) is -0.824. The molecule has 0 spiro atoms. The monoisotopic (exact) mass is 378 g/mol. The fraction of sp³-hybridized carbons (Fsp3) is 0.900. The lowest BCUT2D eigenvalue weighted by Gasteiger charge is -2.44. The normalized spacial score (nSPS) is 37.0. The Morgan fingerprint density at radius 2 is 1.67 bits per heavy atom. The highest BCUT2D eigenvalue weighted by atomic mass is 16.3. The molecule has 3 atom stereocenters. The highest BCUT2D eigenvalue weighted by molar-refractivity contribution is 5.92. The number of hydrogen-bond donors (Lipinski definition) is 3. The molecule has 0 saturated carbocycles. The number of carbonyl (C=O) groups is 2. The van der Waals surface area contributed by atoms with Crippen LogP contribution in [0.5, 0.6) is 0 Å². The Hall–Kier alpha value is -1.34. The molecule has 0 aromatic rings. The number of hydrogen-bond acceptors (Lipinski definition) is 4. The lowest BCUT2D eigenvalue weighted by Crippen LogP contribution is -2.68. The second-order valence-electron chi connectivity index (χ2n) is 8.92. The largest absolute Gasteiger partial charge is 0.393 e. The van der Waals surface area contributed by atoms with Gasteiger partial charge in [0, 0.05) is 31.7 Å². The molecule has 4 fully saturated rings. The van der Waals surface area contributed by atoms with Gasteiger partial charge >= 0.3 is 6.03 Å². The van der Waals surface area contributed by atoms with E-state index in [1.54, 1.807) is 0 Å². The number of fused-ring (bicyclic) bond motifs is 2. The zero-order valence-corrected chi connectivity index (χ0v) is 16.3. The van der Waals surface area contributed by atoms with Gasteiger partial charge in [0.1, 0.15) is 5.54 Å². The van der Waals surface area contributed by atoms with Gasteiger partial charge in [-0.05, 0) is 57.9 Å². The van der Waals surface area contributed by atoms with Crippen LogP contribution in [0.1, 0.15) is 64.2 Å². The summed E-state index contributed by atoms with van der Waals surface area (Å²) in [6.45, 7) is 3.02. The molecule has 2 bridgehead atoms. The van der Waals surface area contributed by atoms with Crippen LogP contribution in [0.15, 0.2) is 0 Å². The average molecular weight is 379 g/mol. The van der Waals surface area contributed by atoms with Crippen LogP contribution < -0.4 is 10.6 Å². The van der Waals surface area contributed by atoms with Crippen molar-refractivity contribution in [3.63, 3.8) is 0 Å². The van der Waals surface area contributed by atoms with E-state index in [1.807, 2.05) is 9.80 Å². The summed E-state index contributed by atoms with van der Waals surface area (Å²) < 4.78 is 0. The summed E-state index contributed by atoms with van der Waals surface area (Å²) in [7, 11) is 0. The van der Waals surface area contributed by atoms with Crippen molar-refractivity contribution in [2.75, 3.05) is 26.2 Å². The number of nitrogens with zero attached hydrogens (tertiary/aromatic N) is 2. The van der Waals surface area contributed by atoms with Gasteiger partial charge in [-0.1, -0.05) is 12.8 Å². The minimum absolute atomic E-state index is 0.0920. The Balaban J connectivity index is 1.50. The van der Waals surface area contributed by atoms with Crippen molar-refractivity contribution in [1.29, 1.82) is 0 Å². The van der Waals surface area contributed by atoms with Gasteiger partial charge in [-0.15, -0.1) is 0 Å². The fourth-order valence-electron chi connectivity index (χ4n) is 5.57. The van der Waals surface area contributed by atoms with Gasteiger partial charge in [0.2, 0.25) is 5.91 Å². The molecule has 0 radical (unpaired) electrons. The standard InChI is InChI=1S/C20H34N4O3/c25-17-12-15-6-7-16(13-17)24(15)19(27)22-20(8-5-9-21-14-20)18(26)23-10-3-1-2-4-11-23/h15-17,21,25H,1-14H2,(H,22,27)/t15?,16?,17?,20-/m0/s1. The van der Waals surface area contributed by atoms with Crippen LogP contribution in [0.3, 0.4) is 0 Å². The van der Waals surface area contributed by atoms with Crippen molar-refractivity contribution in [3.8, 4) is 0 Å². The molecule has 4 rings (SSSR count). The lowest BCUT2D eigenvalue weighted by molar-refractivity contribution is -0.139. The molecule has 2 unspecified atom stereocenters. The van der Waals surface area contributed by atoms with Gasteiger partial charge in [-0.3, -0.25) is 4.79 Å². The molecule has 27 heavy (non-hydrogen) atoms. The summed E-state index contributed by atoms with van der Waals surface area (Å²) in [5.74, 6) is 0.0920. The molecule has 0 aromatic carbocycles. The quantitative estimate of drug-likeness (QED) is 0.674. The minimum Gasteiger partial charge on any atom is -0.393 e. The van der Waals surface area contributed by atoms with Gasteiger partial charge in [0.05, 0.1) is 6.10 Å². The second kappa shape index (κ2) is 7.95. The fourth-order valence-corrected chi connectivity index (χ4v) is 5.57. The van der Waals surface area contributed by atoms with Crippen molar-refractivity contribution >= 4 is 11.9 Å². The maximum atomic E-state index is 13.5. The topological polar surface area (TPSA) is 84.9 Å². The molecule has 4 aliphatic heterocycles. The molecular formula is C20H34N4O3. The van der Waals surface area contributed by atoms with Gasteiger partial charge < -0.3 is 25.5 Å². The predicted octanol–water partition coefficient (Wildman–Crippen LogP) is 1.21. The molecule has 3 amide bonds. The van der Waals surface area contributed by atoms with E-state index in [1.165, 1.54) is 12.8 Å². The van der Waals surface area contributed by atoms with E-state index in [-0.39, 0.29) is 30.1 Å². The molecule has 4 saturated heterocycles. The lowest BCUT2D eigenvalue weighted by atomic mass is 9.88. The smallest absolute Gasteiger partial charge is 0.318 e. The first-order valence-electron chi connectivity index (χ1n) is 10.9. The van der Waals surface area contributed by atoms with Gasteiger partial charge in [0.25, 0.3) is 0 Å². The number of aliphatic hydroxyl groups is 1. The SMILES string of the molecule is O=C(N[C@@]1(C(=O)N2CCCCCC2)CCCNC1)N1C2CCC1CC(O)C2. The maximum absolute atomic E-state index is 13.5. The third kappa shape index (κ3) is 3.81. The second-order valence-corrected chi connectivity index (χ2v) is 8.92. The molecular weight excluding hydrogens is 344 g/mol. The van der Waals surface area contributed by atoms with E-state index in [9.17, 15) is 14.7 Å². The van der Waals surface area contributed by atoms with Crippen molar-refractivity contribution in [2.45, 2.75) is 87.9 Å². The Bertz CT molecular complexity index is 541. The van der Waals surface area contributed by atoms with E-state index >= 15 is 0 Å². The number of aliphatic hydroxyl groups excluding tert-OH is 1. The number of amides is 3. The maximum Gasteiger partial charge on any atom is 0.318 e. The van der Waals surface area contributed by atoms with Gasteiger partial charge in [-0.2, -0.15) is 0 Å². The first-order valence-corrected chi connectivity index (χ1v) is 10.9. The summed E-state index contributed by atoms with van der Waals surface area (Å²) in [6.07, 6.45) is 9.01. The van der Waals surface area contributed by atoms with Gasteiger partial charge in [-0.25, -0.2) is 4.79 Å². The molecule has 7 nitrogen and oxygen atoms in total. The molecule has 0 aromatic heterocycles. The number of urea groups is 1. The van der Waals surface area contributed by atoms with E-state index in [0.717, 1.165) is 51.7 Å². The van der Waals surface area contributed by atoms with Crippen molar-refractivity contribution in [3.05, 3.63) is 0 Å². The summed E-state index contributed by atoms with van der Waals surface area (Å²) >= 11 is 0. The van der Waals surface area contributed by atoms with Crippen molar-refractivity contribution in [1.82, 2.24) is 20.4 Å². The number of rotatable bonds is 2. The highest BCUT2D eigenvalue weighted by Crippen LogP contribution is 2.36. The van der Waals surface area contributed by atoms with Crippen molar-refractivity contribution in [2.24, 2.45) is 0 Å². The van der Waals surface area contributed by atoms with Crippen LogP contribution in [-0.2, 0) is 4.79 Å². The van der Waals surface area contributed by atoms with E-state index < -0.39 is 5.54 Å². The summed E-state index contributed by atoms with van der Waals surface area (Å²) in [6, 6.07) is 0.113. The predicted molar refractivity (Wildman–Crippen MR) is 102 cm³/mol. The number of carbonyl (C=O) groups excluding carboxylic acids is 2. The summed E-state index contributed by atoms with van der Waals surface area (Å²) in [4.78, 5) is 30.6. The summed E-state index contributed by atoms with van der Waals surface area (Å²) in [5, 5.41) is 16.5. The average Bonchev–Trinajstić information content (AvgIpc) is 2.84. The Kier molecular flexibility index (Phi) is 5.60. The number of piperidine rings is 2. The van der Waals surface area contributed by atoms with E-state index in [4.69, 9.17) is 0 Å². The third-order valence-corrected chi connectivity index (χ3v) is 6.98. The van der Waals surface area contributed by atoms with Crippen LogP contribution in [0, 0.1) is 0 Å². The minimum atomic E-state index is -0.824. The third-order valence-electron chi connectivity index (χ3n) is 6.98.